The van der Waals surface area contributed by atoms with Crippen molar-refractivity contribution in [2.24, 2.45) is 0 Å². The van der Waals surface area contributed by atoms with Crippen molar-refractivity contribution in [3.05, 3.63) is 64.7 Å². The predicted octanol–water partition coefficient (Wildman–Crippen LogP) is 3.04. The lowest BCUT2D eigenvalue weighted by Crippen LogP contribution is -2.40. The number of rotatable bonds is 5. The number of aryl methyl sites for hydroxylation is 1. The fourth-order valence-electron chi connectivity index (χ4n) is 4.81. The number of hydrogen-bond acceptors (Lipinski definition) is 5. The van der Waals surface area contributed by atoms with Crippen LogP contribution in [0.2, 0.25) is 0 Å². The molecule has 0 bridgehead atoms. The second kappa shape index (κ2) is 10.7. The minimum atomic E-state index is -3.28. The number of urea groups is 1. The van der Waals surface area contributed by atoms with Crippen LogP contribution < -0.4 is 10.6 Å². The van der Waals surface area contributed by atoms with Gasteiger partial charge in [0, 0.05) is 43.5 Å². The third-order valence-corrected chi connectivity index (χ3v) is 8.25. The highest BCUT2D eigenvalue weighted by Crippen LogP contribution is 2.29. The van der Waals surface area contributed by atoms with Gasteiger partial charge in [-0.1, -0.05) is 18.2 Å². The number of nitrogens with zero attached hydrogens (tertiary/aromatic N) is 3. The van der Waals surface area contributed by atoms with Gasteiger partial charge in [0.15, 0.2) is 0 Å². The molecule has 36 heavy (non-hydrogen) atoms. The number of nitrogens with one attached hydrogen (secondary N) is 2. The minimum Gasteiger partial charge on any atom is -0.339 e. The Labute approximate surface area is 212 Å². The van der Waals surface area contributed by atoms with E-state index in [0.717, 1.165) is 24.7 Å². The molecule has 2 aromatic rings. The van der Waals surface area contributed by atoms with E-state index in [9.17, 15) is 18.0 Å². The topological polar surface area (TPSA) is 123 Å². The molecule has 2 saturated heterocycles. The van der Waals surface area contributed by atoms with E-state index in [1.807, 2.05) is 42.2 Å². The molecule has 0 radical (unpaired) electrons. The number of anilines is 1. The van der Waals surface area contributed by atoms with Gasteiger partial charge in [-0.3, -0.25) is 4.79 Å². The molecule has 3 amide bonds. The Hall–Kier alpha value is -3.42. The smallest absolute Gasteiger partial charge is 0.319 e. The molecule has 0 saturated carbocycles. The molecule has 2 heterocycles. The molecule has 0 aliphatic carbocycles. The Morgan fingerprint density at radius 1 is 1.03 bits per heavy atom. The molecule has 0 aromatic heterocycles. The zero-order valence-electron chi connectivity index (χ0n) is 20.5. The average molecular weight is 510 g/mol. The summed E-state index contributed by atoms with van der Waals surface area (Å²) in [7, 11) is -3.28. The minimum absolute atomic E-state index is 0.0728. The Morgan fingerprint density at radius 3 is 2.33 bits per heavy atom. The van der Waals surface area contributed by atoms with Crippen LogP contribution in [0.1, 0.15) is 52.2 Å². The largest absolute Gasteiger partial charge is 0.339 e. The predicted molar refractivity (Wildman–Crippen MR) is 137 cm³/mol. The van der Waals surface area contributed by atoms with Crippen LogP contribution in [0.4, 0.5) is 10.5 Å². The average Bonchev–Trinajstić information content (AvgIpc) is 3.34. The quantitative estimate of drug-likeness (QED) is 0.641. The number of carbonyl (C=O) groups excluding carboxylic acids is 2. The summed E-state index contributed by atoms with van der Waals surface area (Å²) in [6, 6.07) is 14.4. The van der Waals surface area contributed by atoms with Crippen LogP contribution in [-0.2, 0) is 10.0 Å². The SMILES string of the molecule is Cc1ccc(C(=O)N2CCC(c3ccc(C#N)cc3)CC2)cc1NC(=O)N[C@H]1CCN(S(C)(=O)=O)C1. The number of hydrogen-bond donors (Lipinski definition) is 2. The first-order valence-electron chi connectivity index (χ1n) is 12.1. The fourth-order valence-corrected chi connectivity index (χ4v) is 5.70. The van der Waals surface area contributed by atoms with E-state index in [0.29, 0.717) is 48.8 Å². The molecule has 0 unspecified atom stereocenters. The lowest BCUT2D eigenvalue weighted by Gasteiger charge is -2.32. The second-order valence-electron chi connectivity index (χ2n) is 9.54. The molecule has 2 aliphatic heterocycles. The number of nitriles is 1. The summed E-state index contributed by atoms with van der Waals surface area (Å²) in [5.74, 6) is 0.284. The molecule has 2 aliphatic rings. The summed E-state index contributed by atoms with van der Waals surface area (Å²) in [6.45, 7) is 3.77. The van der Waals surface area contributed by atoms with Crippen molar-refractivity contribution < 1.29 is 18.0 Å². The van der Waals surface area contributed by atoms with Gasteiger partial charge in [-0.25, -0.2) is 17.5 Å². The third-order valence-electron chi connectivity index (χ3n) is 6.98. The van der Waals surface area contributed by atoms with Crippen molar-refractivity contribution >= 4 is 27.6 Å². The molecule has 2 fully saturated rings. The van der Waals surface area contributed by atoms with Gasteiger partial charge in [-0.2, -0.15) is 5.26 Å². The molecule has 10 heteroatoms. The molecular formula is C26H31N5O4S. The first kappa shape index (κ1) is 25.7. The zero-order chi connectivity index (χ0) is 25.9. The van der Waals surface area contributed by atoms with Crippen molar-refractivity contribution in [3.8, 4) is 6.07 Å². The third kappa shape index (κ3) is 6.04. The van der Waals surface area contributed by atoms with Gasteiger partial charge in [0.2, 0.25) is 10.0 Å². The molecule has 1 atom stereocenters. The van der Waals surface area contributed by atoms with Gasteiger partial charge < -0.3 is 15.5 Å². The monoisotopic (exact) mass is 509 g/mol. The number of carbonyl (C=O) groups is 2. The van der Waals surface area contributed by atoms with Gasteiger partial charge >= 0.3 is 6.03 Å². The maximum Gasteiger partial charge on any atom is 0.319 e. The van der Waals surface area contributed by atoms with Gasteiger partial charge in [0.25, 0.3) is 5.91 Å². The highest BCUT2D eigenvalue weighted by Gasteiger charge is 2.30. The second-order valence-corrected chi connectivity index (χ2v) is 11.5. The molecule has 0 spiro atoms. The highest BCUT2D eigenvalue weighted by molar-refractivity contribution is 7.88. The van der Waals surface area contributed by atoms with Crippen molar-refractivity contribution in [1.82, 2.24) is 14.5 Å². The van der Waals surface area contributed by atoms with Crippen LogP contribution in [0.15, 0.2) is 42.5 Å². The lowest BCUT2D eigenvalue weighted by molar-refractivity contribution is 0.0713. The number of benzene rings is 2. The van der Waals surface area contributed by atoms with Crippen LogP contribution in [0, 0.1) is 18.3 Å². The van der Waals surface area contributed by atoms with E-state index in [1.165, 1.54) is 9.87 Å². The van der Waals surface area contributed by atoms with E-state index in [4.69, 9.17) is 5.26 Å². The van der Waals surface area contributed by atoms with Crippen molar-refractivity contribution in [3.63, 3.8) is 0 Å². The zero-order valence-corrected chi connectivity index (χ0v) is 21.3. The van der Waals surface area contributed by atoms with Crippen LogP contribution in [-0.4, -0.2) is 68.0 Å². The standard InChI is InChI=1S/C26H31N5O4S/c1-18-3-6-22(15-24(18)29-26(33)28-23-11-14-31(17-23)36(2,34)35)25(32)30-12-9-21(10-13-30)20-7-4-19(16-27)5-8-20/h3-8,15,21,23H,9-14,17H2,1-2H3,(H2,28,29,33)/t23-/m0/s1. The number of likely N-dealkylation sites (tertiary alicyclic amines) is 1. The van der Waals surface area contributed by atoms with Gasteiger partial charge in [-0.15, -0.1) is 0 Å². The van der Waals surface area contributed by atoms with E-state index < -0.39 is 16.1 Å². The van der Waals surface area contributed by atoms with E-state index in [1.54, 1.807) is 12.1 Å². The molecular weight excluding hydrogens is 478 g/mol. The summed E-state index contributed by atoms with van der Waals surface area (Å²) < 4.78 is 24.7. The summed E-state index contributed by atoms with van der Waals surface area (Å²) in [4.78, 5) is 27.6. The first-order valence-corrected chi connectivity index (χ1v) is 13.9. The van der Waals surface area contributed by atoms with Crippen LogP contribution in [0.5, 0.6) is 0 Å². The summed E-state index contributed by atoms with van der Waals surface area (Å²) in [6.07, 6.45) is 3.42. The molecule has 2 aromatic carbocycles. The van der Waals surface area contributed by atoms with E-state index in [2.05, 4.69) is 16.7 Å². The van der Waals surface area contributed by atoms with E-state index >= 15 is 0 Å². The normalized spacial score (nSPS) is 19.0. The molecule has 2 N–H and O–H groups in total. The van der Waals surface area contributed by atoms with Gasteiger partial charge in [0.1, 0.15) is 0 Å². The number of sulfonamides is 1. The van der Waals surface area contributed by atoms with Crippen LogP contribution in [0.25, 0.3) is 0 Å². The summed E-state index contributed by atoms with van der Waals surface area (Å²) in [5, 5.41) is 14.6. The highest BCUT2D eigenvalue weighted by atomic mass is 32.2. The maximum atomic E-state index is 13.2. The van der Waals surface area contributed by atoms with Gasteiger partial charge in [-0.05, 0) is 67.5 Å². The Balaban J connectivity index is 1.34. The maximum absolute atomic E-state index is 13.2. The van der Waals surface area contributed by atoms with Crippen LogP contribution >= 0.6 is 0 Å². The Bertz CT molecular complexity index is 1280. The summed E-state index contributed by atoms with van der Waals surface area (Å²) >= 11 is 0. The summed E-state index contributed by atoms with van der Waals surface area (Å²) in [5.41, 5.74) is 3.71. The van der Waals surface area contributed by atoms with Crippen LogP contribution in [0.3, 0.4) is 0 Å². The fraction of sp³-hybridized carbons (Fsp3) is 0.423. The number of piperidine rings is 1. The van der Waals surface area contributed by atoms with Crippen molar-refractivity contribution in [2.45, 2.75) is 38.1 Å². The molecule has 4 rings (SSSR count). The Morgan fingerprint density at radius 2 is 1.72 bits per heavy atom. The van der Waals surface area contributed by atoms with Gasteiger partial charge in [0.05, 0.1) is 17.9 Å². The molecule has 9 nitrogen and oxygen atoms in total. The Kier molecular flexibility index (Phi) is 7.62. The van der Waals surface area contributed by atoms with Crippen molar-refractivity contribution in [2.75, 3.05) is 37.8 Å². The number of amides is 3. The van der Waals surface area contributed by atoms with Crippen molar-refractivity contribution in [1.29, 1.82) is 5.26 Å². The molecule has 190 valence electrons. The lowest BCUT2D eigenvalue weighted by atomic mass is 9.89. The first-order chi connectivity index (χ1) is 17.1. The van der Waals surface area contributed by atoms with E-state index in [-0.39, 0.29) is 18.5 Å².